The molecule has 2 aromatic heterocycles. The van der Waals surface area contributed by atoms with Crippen LogP contribution in [0.2, 0.25) is 4.34 Å². The number of fused-ring (bicyclic) bond motifs is 1. The van der Waals surface area contributed by atoms with Crippen LogP contribution in [-0.2, 0) is 11.3 Å². The lowest BCUT2D eigenvalue weighted by atomic mass is 9.92. The molecule has 2 aromatic carbocycles. The molecule has 0 aliphatic heterocycles. The van der Waals surface area contributed by atoms with Crippen molar-refractivity contribution >= 4 is 62.7 Å². The van der Waals surface area contributed by atoms with E-state index in [0.29, 0.717) is 40.1 Å². The number of rotatable bonds is 6. The lowest BCUT2D eigenvalue weighted by Crippen LogP contribution is -2.19. The summed E-state index contributed by atoms with van der Waals surface area (Å²) in [6, 6.07) is 18.4. The van der Waals surface area contributed by atoms with Crippen LogP contribution in [0.5, 0.6) is 0 Å². The summed E-state index contributed by atoms with van der Waals surface area (Å²) in [6.45, 7) is 6.58. The van der Waals surface area contributed by atoms with Crippen molar-refractivity contribution in [1.82, 2.24) is 4.57 Å². The van der Waals surface area contributed by atoms with Crippen molar-refractivity contribution in [3.05, 3.63) is 75.6 Å². The maximum absolute atomic E-state index is 13.2. The zero-order valence-electron chi connectivity index (χ0n) is 19.3. The number of hydrogen-bond acceptors (Lipinski definition) is 4. The van der Waals surface area contributed by atoms with Crippen LogP contribution in [0.1, 0.15) is 42.6 Å². The van der Waals surface area contributed by atoms with Crippen molar-refractivity contribution < 1.29 is 9.59 Å². The highest BCUT2D eigenvalue weighted by atomic mass is 35.5. The van der Waals surface area contributed by atoms with Crippen LogP contribution in [-0.4, -0.2) is 16.4 Å². The molecule has 0 saturated heterocycles. The van der Waals surface area contributed by atoms with E-state index in [9.17, 15) is 9.59 Å². The molecule has 8 heteroatoms. The van der Waals surface area contributed by atoms with Crippen LogP contribution in [0.4, 0.5) is 17.1 Å². The number of anilines is 3. The number of halogens is 1. The van der Waals surface area contributed by atoms with Gasteiger partial charge in [0.05, 0.1) is 10.9 Å². The number of carbonyl (C=O) groups is 2. The second-order valence-corrected chi connectivity index (χ2v) is 11.3. The normalized spacial score (nSPS) is 11.5. The van der Waals surface area contributed by atoms with Crippen LogP contribution in [0, 0.1) is 5.41 Å². The molecule has 0 fully saturated rings. The van der Waals surface area contributed by atoms with Crippen molar-refractivity contribution in [1.29, 1.82) is 0 Å². The molecule has 0 saturated carbocycles. The van der Waals surface area contributed by atoms with Gasteiger partial charge in [-0.3, -0.25) is 9.59 Å². The molecule has 176 valence electrons. The third-order valence-corrected chi connectivity index (χ3v) is 6.44. The first-order chi connectivity index (χ1) is 16.1. The number of nitrogen functional groups attached to an aromatic ring is 1. The highest BCUT2D eigenvalue weighted by molar-refractivity contribution is 7.16. The molecule has 0 bridgehead atoms. The number of thiophene rings is 1. The molecule has 0 aliphatic rings. The molecule has 0 radical (unpaired) electrons. The molecule has 0 aliphatic carbocycles. The number of aromatic nitrogens is 1. The lowest BCUT2D eigenvalue weighted by molar-refractivity contribution is -0.117. The largest absolute Gasteiger partial charge is 0.399 e. The van der Waals surface area contributed by atoms with Gasteiger partial charge in [0.25, 0.3) is 5.91 Å². The molecule has 4 N–H and O–H groups in total. The first-order valence-corrected chi connectivity index (χ1v) is 12.1. The number of nitrogens with zero attached hydrogens (tertiary/aromatic N) is 1. The quantitative estimate of drug-likeness (QED) is 0.263. The SMILES string of the molecule is CC(C)(C)CC(=O)Nc1ccc2c(c1)cc(C(=O)Nc1ccc(N)cc1)n2Cc1ccc(Cl)s1. The topological polar surface area (TPSA) is 89.2 Å². The van der Waals surface area contributed by atoms with E-state index in [1.54, 1.807) is 24.3 Å². The third-order valence-electron chi connectivity index (χ3n) is 5.22. The van der Waals surface area contributed by atoms with E-state index < -0.39 is 0 Å². The van der Waals surface area contributed by atoms with Gasteiger partial charge in [-0.25, -0.2) is 0 Å². The van der Waals surface area contributed by atoms with Gasteiger partial charge in [-0.1, -0.05) is 32.4 Å². The Labute approximate surface area is 207 Å². The van der Waals surface area contributed by atoms with Gasteiger partial charge in [0.15, 0.2) is 0 Å². The van der Waals surface area contributed by atoms with E-state index in [2.05, 4.69) is 10.6 Å². The van der Waals surface area contributed by atoms with E-state index in [1.807, 2.05) is 61.7 Å². The first-order valence-electron chi connectivity index (χ1n) is 10.9. The van der Waals surface area contributed by atoms with Gasteiger partial charge in [-0.15, -0.1) is 11.3 Å². The molecule has 34 heavy (non-hydrogen) atoms. The number of nitrogens with two attached hydrogens (primary N) is 1. The zero-order chi connectivity index (χ0) is 24.5. The molecule has 0 atom stereocenters. The Kier molecular flexibility index (Phi) is 6.68. The van der Waals surface area contributed by atoms with E-state index in [1.165, 1.54) is 11.3 Å². The van der Waals surface area contributed by atoms with E-state index in [0.717, 1.165) is 15.8 Å². The maximum atomic E-state index is 13.2. The Balaban J connectivity index is 1.68. The molecule has 2 heterocycles. The molecule has 0 spiro atoms. The van der Waals surface area contributed by atoms with E-state index in [-0.39, 0.29) is 17.2 Å². The highest BCUT2D eigenvalue weighted by Crippen LogP contribution is 2.29. The minimum atomic E-state index is -0.234. The van der Waals surface area contributed by atoms with Gasteiger partial charge in [0.1, 0.15) is 5.69 Å². The predicted octanol–water partition coefficient (Wildman–Crippen LogP) is 6.61. The molecular formula is C26H27ClN4O2S. The molecule has 4 aromatic rings. The van der Waals surface area contributed by atoms with Gasteiger partial charge in [0.2, 0.25) is 5.91 Å². The Bertz CT molecular complexity index is 1350. The molecule has 6 nitrogen and oxygen atoms in total. The van der Waals surface area contributed by atoms with E-state index in [4.69, 9.17) is 17.3 Å². The van der Waals surface area contributed by atoms with Crippen LogP contribution >= 0.6 is 22.9 Å². The average Bonchev–Trinajstić information content (AvgIpc) is 3.31. The Morgan fingerprint density at radius 1 is 0.971 bits per heavy atom. The van der Waals surface area contributed by atoms with Gasteiger partial charge in [0, 0.05) is 39.3 Å². The second-order valence-electron chi connectivity index (χ2n) is 9.46. The van der Waals surface area contributed by atoms with Gasteiger partial charge in [-0.05, 0) is 66.1 Å². The van der Waals surface area contributed by atoms with Crippen LogP contribution in [0.3, 0.4) is 0 Å². The van der Waals surface area contributed by atoms with Gasteiger partial charge >= 0.3 is 0 Å². The number of nitrogens with one attached hydrogen (secondary N) is 2. The van der Waals surface area contributed by atoms with Crippen molar-refractivity contribution in [3.8, 4) is 0 Å². The van der Waals surface area contributed by atoms with Crippen LogP contribution in [0.25, 0.3) is 10.9 Å². The average molecular weight is 495 g/mol. The second kappa shape index (κ2) is 9.52. The Morgan fingerprint density at radius 3 is 2.32 bits per heavy atom. The summed E-state index contributed by atoms with van der Waals surface area (Å²) in [5.74, 6) is -0.275. The minimum Gasteiger partial charge on any atom is -0.399 e. The van der Waals surface area contributed by atoms with Crippen LogP contribution in [0.15, 0.2) is 60.7 Å². The zero-order valence-corrected chi connectivity index (χ0v) is 20.9. The summed E-state index contributed by atoms with van der Waals surface area (Å²) < 4.78 is 2.66. The summed E-state index contributed by atoms with van der Waals surface area (Å²) in [4.78, 5) is 26.7. The standard InChI is InChI=1S/C26H27ClN4O2S/c1-26(2,3)14-24(32)29-19-8-10-21-16(12-19)13-22(31(21)15-20-9-11-23(27)34-20)25(33)30-18-6-4-17(28)5-7-18/h4-13H,14-15,28H2,1-3H3,(H,29,32)(H,30,33). The van der Waals surface area contributed by atoms with Gasteiger partial charge in [-0.2, -0.15) is 0 Å². The molecule has 2 amide bonds. The van der Waals surface area contributed by atoms with E-state index >= 15 is 0 Å². The summed E-state index contributed by atoms with van der Waals surface area (Å²) in [5.41, 5.74) is 9.03. The molecule has 0 unspecified atom stereocenters. The fourth-order valence-corrected chi connectivity index (χ4v) is 4.82. The smallest absolute Gasteiger partial charge is 0.272 e. The monoisotopic (exact) mass is 494 g/mol. The fraction of sp³-hybridized carbons (Fsp3) is 0.231. The summed E-state index contributed by atoms with van der Waals surface area (Å²) in [7, 11) is 0. The molecule has 4 rings (SSSR count). The highest BCUT2D eigenvalue weighted by Gasteiger charge is 2.19. The summed E-state index contributed by atoms with van der Waals surface area (Å²) in [6.07, 6.45) is 0.417. The number of benzene rings is 2. The van der Waals surface area contributed by atoms with Crippen molar-refractivity contribution in [2.75, 3.05) is 16.4 Å². The maximum Gasteiger partial charge on any atom is 0.272 e. The lowest BCUT2D eigenvalue weighted by Gasteiger charge is -2.17. The minimum absolute atomic E-state index is 0.0409. The summed E-state index contributed by atoms with van der Waals surface area (Å²) in [5, 5.41) is 6.77. The fourth-order valence-electron chi connectivity index (χ4n) is 3.75. The van der Waals surface area contributed by atoms with Crippen LogP contribution < -0.4 is 16.4 Å². The molecular weight excluding hydrogens is 468 g/mol. The van der Waals surface area contributed by atoms with Crippen molar-refractivity contribution in [3.63, 3.8) is 0 Å². The van der Waals surface area contributed by atoms with Gasteiger partial charge < -0.3 is 20.9 Å². The van der Waals surface area contributed by atoms with Crippen molar-refractivity contribution in [2.24, 2.45) is 5.41 Å². The number of hydrogen-bond donors (Lipinski definition) is 3. The van der Waals surface area contributed by atoms with Crippen molar-refractivity contribution in [2.45, 2.75) is 33.7 Å². The number of amides is 2. The Morgan fingerprint density at radius 2 is 1.68 bits per heavy atom. The third kappa shape index (κ3) is 5.79. The summed E-state index contributed by atoms with van der Waals surface area (Å²) >= 11 is 7.62. The Hall–Kier alpha value is -3.29. The number of carbonyl (C=O) groups excluding carboxylic acids is 2. The first kappa shape index (κ1) is 23.9. The predicted molar refractivity (Wildman–Crippen MR) is 142 cm³/mol.